The molecule has 3 nitrogen and oxygen atoms in total. The molecule has 2 N–H and O–H groups in total. The van der Waals surface area contributed by atoms with Crippen molar-refractivity contribution in [3.05, 3.63) is 48.0 Å². The molecule has 0 aliphatic rings. The minimum Gasteiger partial charge on any atom is -0.490 e. The van der Waals surface area contributed by atoms with Crippen LogP contribution in [0.25, 0.3) is 0 Å². The van der Waals surface area contributed by atoms with Gasteiger partial charge in [-0.2, -0.15) is 0 Å². The average molecular weight is 279 g/mol. The molecule has 0 unspecified atom stereocenters. The Bertz CT molecular complexity index is 579. The second-order valence-electron chi connectivity index (χ2n) is 4.21. The van der Waals surface area contributed by atoms with Gasteiger partial charge in [0.05, 0.1) is 6.61 Å². The molecule has 2 aromatic rings. The topological polar surface area (TPSA) is 44.5 Å². The second-order valence-corrected chi connectivity index (χ2v) is 4.21. The van der Waals surface area contributed by atoms with Crippen molar-refractivity contribution in [1.29, 1.82) is 0 Å². The molecule has 0 heterocycles. The highest BCUT2D eigenvalue weighted by molar-refractivity contribution is 5.48. The maximum absolute atomic E-state index is 13.7. The molecular formula is C15H15F2NO2. The fourth-order valence-corrected chi connectivity index (χ4v) is 1.65. The van der Waals surface area contributed by atoms with Gasteiger partial charge in [0.15, 0.2) is 28.9 Å². The Hall–Kier alpha value is -2.30. The Balaban J connectivity index is 2.30. The van der Waals surface area contributed by atoms with Crippen LogP contribution >= 0.6 is 0 Å². The Labute approximate surface area is 115 Å². The molecule has 0 radical (unpaired) electrons. The lowest BCUT2D eigenvalue weighted by molar-refractivity contribution is 0.298. The summed E-state index contributed by atoms with van der Waals surface area (Å²) in [5.41, 5.74) is 5.36. The number of anilines is 1. The highest BCUT2D eigenvalue weighted by Crippen LogP contribution is 2.34. The van der Waals surface area contributed by atoms with Crippen molar-refractivity contribution >= 4 is 5.69 Å². The van der Waals surface area contributed by atoms with Gasteiger partial charge in [-0.15, -0.1) is 0 Å². The summed E-state index contributed by atoms with van der Waals surface area (Å²) in [6.07, 6.45) is 0.818. The van der Waals surface area contributed by atoms with E-state index in [1.807, 2.05) is 6.92 Å². The number of halogens is 2. The zero-order valence-electron chi connectivity index (χ0n) is 11.0. The van der Waals surface area contributed by atoms with Crippen LogP contribution in [0.3, 0.4) is 0 Å². The molecule has 0 saturated carbocycles. The van der Waals surface area contributed by atoms with E-state index in [-0.39, 0.29) is 11.4 Å². The summed E-state index contributed by atoms with van der Waals surface area (Å²) < 4.78 is 38.1. The molecule has 0 bridgehead atoms. The molecule has 20 heavy (non-hydrogen) atoms. The van der Waals surface area contributed by atoms with Gasteiger partial charge in [-0.1, -0.05) is 19.1 Å². The number of rotatable bonds is 5. The van der Waals surface area contributed by atoms with Crippen LogP contribution in [0, 0.1) is 11.6 Å². The van der Waals surface area contributed by atoms with Crippen LogP contribution in [0.4, 0.5) is 14.5 Å². The lowest BCUT2D eigenvalue weighted by Gasteiger charge is -2.13. The summed E-state index contributed by atoms with van der Waals surface area (Å²) >= 11 is 0. The van der Waals surface area contributed by atoms with Gasteiger partial charge in [-0.05, 0) is 18.6 Å². The Morgan fingerprint density at radius 2 is 1.65 bits per heavy atom. The zero-order chi connectivity index (χ0) is 14.5. The lowest BCUT2D eigenvalue weighted by atomic mass is 10.2. The van der Waals surface area contributed by atoms with Crippen molar-refractivity contribution < 1.29 is 18.3 Å². The largest absolute Gasteiger partial charge is 0.490 e. The first kappa shape index (κ1) is 14.1. The van der Waals surface area contributed by atoms with E-state index in [1.165, 1.54) is 0 Å². The molecule has 0 amide bonds. The molecule has 0 spiro atoms. The number of nitrogen functional groups attached to an aromatic ring is 1. The maximum Gasteiger partial charge on any atom is 0.198 e. The molecule has 0 saturated heterocycles. The van der Waals surface area contributed by atoms with E-state index in [9.17, 15) is 8.78 Å². The van der Waals surface area contributed by atoms with Crippen molar-refractivity contribution in [3.63, 3.8) is 0 Å². The van der Waals surface area contributed by atoms with E-state index in [4.69, 9.17) is 15.2 Å². The molecule has 2 rings (SSSR count). The first-order chi connectivity index (χ1) is 9.61. The first-order valence-electron chi connectivity index (χ1n) is 6.26. The van der Waals surface area contributed by atoms with Crippen LogP contribution in [0.5, 0.6) is 17.2 Å². The van der Waals surface area contributed by atoms with Crippen LogP contribution < -0.4 is 15.2 Å². The zero-order valence-corrected chi connectivity index (χ0v) is 11.0. The van der Waals surface area contributed by atoms with Crippen LogP contribution in [-0.2, 0) is 0 Å². The van der Waals surface area contributed by atoms with E-state index >= 15 is 0 Å². The second kappa shape index (κ2) is 6.23. The van der Waals surface area contributed by atoms with Crippen molar-refractivity contribution in [1.82, 2.24) is 0 Å². The van der Waals surface area contributed by atoms with Crippen LogP contribution in [0.2, 0.25) is 0 Å². The third kappa shape index (κ3) is 3.17. The number of ether oxygens (including phenoxy) is 2. The molecule has 0 aliphatic heterocycles. The minimum atomic E-state index is -0.854. The quantitative estimate of drug-likeness (QED) is 0.837. The van der Waals surface area contributed by atoms with Crippen molar-refractivity contribution in [2.45, 2.75) is 13.3 Å². The Morgan fingerprint density at radius 1 is 1.05 bits per heavy atom. The summed E-state index contributed by atoms with van der Waals surface area (Å²) in [4.78, 5) is 0. The number of hydrogen-bond donors (Lipinski definition) is 1. The predicted molar refractivity (Wildman–Crippen MR) is 73.1 cm³/mol. The van der Waals surface area contributed by atoms with Gasteiger partial charge < -0.3 is 15.2 Å². The van der Waals surface area contributed by atoms with E-state index in [0.29, 0.717) is 12.4 Å². The fraction of sp³-hybridized carbons (Fsp3) is 0.200. The fourth-order valence-electron chi connectivity index (χ4n) is 1.65. The molecule has 2 aromatic carbocycles. The normalized spacial score (nSPS) is 10.3. The van der Waals surface area contributed by atoms with Crippen LogP contribution in [-0.4, -0.2) is 6.61 Å². The smallest absolute Gasteiger partial charge is 0.198 e. The molecule has 0 atom stereocenters. The van der Waals surface area contributed by atoms with Gasteiger partial charge in [-0.3, -0.25) is 0 Å². The van der Waals surface area contributed by atoms with Crippen LogP contribution in [0.15, 0.2) is 36.4 Å². The molecule has 5 heteroatoms. The molecular weight excluding hydrogens is 264 g/mol. The van der Waals surface area contributed by atoms with E-state index in [2.05, 4.69) is 0 Å². The average Bonchev–Trinajstić information content (AvgIpc) is 2.41. The number of benzene rings is 2. The number of para-hydroxylation sites is 2. The highest BCUT2D eigenvalue weighted by atomic mass is 19.1. The minimum absolute atomic E-state index is 0.00266. The van der Waals surface area contributed by atoms with E-state index in [0.717, 1.165) is 18.6 Å². The van der Waals surface area contributed by atoms with Gasteiger partial charge in [-0.25, -0.2) is 8.78 Å². The first-order valence-corrected chi connectivity index (χ1v) is 6.26. The van der Waals surface area contributed by atoms with E-state index in [1.54, 1.807) is 24.3 Å². The maximum atomic E-state index is 13.7. The number of nitrogens with two attached hydrogens (primary N) is 1. The Morgan fingerprint density at radius 3 is 2.25 bits per heavy atom. The standard InChI is InChI=1S/C15H15F2NO2/c1-2-7-19-13-5-3-4-6-14(13)20-15-11(16)8-10(18)9-12(15)17/h3-6,8-9H,2,7,18H2,1H3. The van der Waals surface area contributed by atoms with Crippen LogP contribution in [0.1, 0.15) is 13.3 Å². The third-order valence-corrected chi connectivity index (χ3v) is 2.54. The lowest BCUT2D eigenvalue weighted by Crippen LogP contribution is -1.99. The number of hydrogen-bond acceptors (Lipinski definition) is 3. The molecule has 0 fully saturated rings. The summed E-state index contributed by atoms with van der Waals surface area (Å²) in [5.74, 6) is -1.51. The van der Waals surface area contributed by atoms with Gasteiger partial charge in [0.25, 0.3) is 0 Å². The summed E-state index contributed by atoms with van der Waals surface area (Å²) in [6, 6.07) is 8.73. The van der Waals surface area contributed by atoms with Crippen molar-refractivity contribution in [3.8, 4) is 17.2 Å². The van der Waals surface area contributed by atoms with Gasteiger partial charge in [0.2, 0.25) is 0 Å². The molecule has 0 aliphatic carbocycles. The Kier molecular flexibility index (Phi) is 4.40. The monoisotopic (exact) mass is 279 g/mol. The van der Waals surface area contributed by atoms with Crippen molar-refractivity contribution in [2.75, 3.05) is 12.3 Å². The highest BCUT2D eigenvalue weighted by Gasteiger charge is 2.15. The van der Waals surface area contributed by atoms with Gasteiger partial charge in [0, 0.05) is 17.8 Å². The summed E-state index contributed by atoms with van der Waals surface area (Å²) in [5, 5.41) is 0. The SMILES string of the molecule is CCCOc1ccccc1Oc1c(F)cc(N)cc1F. The summed E-state index contributed by atoms with van der Waals surface area (Å²) in [6.45, 7) is 2.45. The van der Waals surface area contributed by atoms with E-state index < -0.39 is 17.4 Å². The van der Waals surface area contributed by atoms with Crippen molar-refractivity contribution in [2.24, 2.45) is 0 Å². The molecule has 0 aromatic heterocycles. The summed E-state index contributed by atoms with van der Waals surface area (Å²) in [7, 11) is 0. The van der Waals surface area contributed by atoms with Gasteiger partial charge >= 0.3 is 0 Å². The molecule has 106 valence electrons. The predicted octanol–water partition coefficient (Wildman–Crippen LogP) is 4.13. The van der Waals surface area contributed by atoms with Gasteiger partial charge in [0.1, 0.15) is 0 Å². The third-order valence-electron chi connectivity index (χ3n) is 2.54.